The van der Waals surface area contributed by atoms with E-state index in [9.17, 15) is 13.2 Å². The summed E-state index contributed by atoms with van der Waals surface area (Å²) in [6.07, 6.45) is 5.02. The normalized spacial score (nSPS) is 13.5. The van der Waals surface area contributed by atoms with E-state index in [1.165, 1.54) is 31.3 Å². The van der Waals surface area contributed by atoms with Crippen LogP contribution in [0.3, 0.4) is 0 Å². The van der Waals surface area contributed by atoms with E-state index in [-0.39, 0.29) is 23.0 Å². The number of nitrogens with one attached hydrogen (secondary N) is 1. The molecule has 0 aliphatic heterocycles. The number of hydrogen-bond donors (Lipinski definition) is 1. The van der Waals surface area contributed by atoms with Crippen molar-refractivity contribution in [3.05, 3.63) is 53.3 Å². The van der Waals surface area contributed by atoms with Crippen LogP contribution in [0.25, 0.3) is 11.0 Å². The Morgan fingerprint density at radius 1 is 1.16 bits per heavy atom. The SMILES string of the molecule is CCOc1ccc(NC(=O)Cc2coc3cc4c(cc23)CCC4)cc1S(=O)(=O)N(C)C. The van der Waals surface area contributed by atoms with Crippen molar-refractivity contribution in [3.63, 3.8) is 0 Å². The third kappa shape index (κ3) is 4.18. The zero-order valence-electron chi connectivity index (χ0n) is 17.9. The summed E-state index contributed by atoms with van der Waals surface area (Å²) in [5, 5.41) is 3.76. The van der Waals surface area contributed by atoms with Gasteiger partial charge in [0, 0.05) is 30.7 Å². The Bertz CT molecular complexity index is 1240. The van der Waals surface area contributed by atoms with Gasteiger partial charge in [-0.2, -0.15) is 0 Å². The molecular weight excluding hydrogens is 416 g/mol. The van der Waals surface area contributed by atoms with Gasteiger partial charge in [0.05, 0.1) is 19.3 Å². The van der Waals surface area contributed by atoms with Gasteiger partial charge in [-0.15, -0.1) is 0 Å². The molecule has 4 rings (SSSR count). The highest BCUT2D eigenvalue weighted by Crippen LogP contribution is 2.32. The number of benzene rings is 2. The predicted molar refractivity (Wildman–Crippen MR) is 119 cm³/mol. The Balaban J connectivity index is 1.57. The summed E-state index contributed by atoms with van der Waals surface area (Å²) >= 11 is 0. The molecule has 0 unspecified atom stereocenters. The molecule has 0 radical (unpaired) electrons. The van der Waals surface area contributed by atoms with Gasteiger partial charge in [0.25, 0.3) is 0 Å². The second-order valence-corrected chi connectivity index (χ2v) is 9.96. The number of carbonyl (C=O) groups excluding carboxylic acids is 1. The molecule has 8 heteroatoms. The minimum atomic E-state index is -3.73. The maximum atomic E-state index is 12.7. The molecule has 1 N–H and O–H groups in total. The molecule has 164 valence electrons. The van der Waals surface area contributed by atoms with E-state index in [2.05, 4.69) is 17.4 Å². The number of furan rings is 1. The number of anilines is 1. The van der Waals surface area contributed by atoms with Crippen molar-refractivity contribution in [1.29, 1.82) is 0 Å². The minimum Gasteiger partial charge on any atom is -0.492 e. The summed E-state index contributed by atoms with van der Waals surface area (Å²) in [5.74, 6) is 0.00411. The van der Waals surface area contributed by atoms with Crippen LogP contribution in [0.1, 0.15) is 30.0 Å². The number of carbonyl (C=O) groups is 1. The molecule has 0 bridgehead atoms. The number of ether oxygens (including phenoxy) is 1. The number of fused-ring (bicyclic) bond motifs is 2. The number of aryl methyl sites for hydroxylation is 2. The molecule has 31 heavy (non-hydrogen) atoms. The fraction of sp³-hybridized carbons (Fsp3) is 0.348. The van der Waals surface area contributed by atoms with E-state index in [1.807, 2.05) is 0 Å². The number of hydrogen-bond acceptors (Lipinski definition) is 5. The monoisotopic (exact) mass is 442 g/mol. The summed E-state index contributed by atoms with van der Waals surface area (Å²) in [6.45, 7) is 2.12. The second kappa shape index (κ2) is 8.36. The van der Waals surface area contributed by atoms with Gasteiger partial charge in [0.2, 0.25) is 15.9 Å². The van der Waals surface area contributed by atoms with Crippen molar-refractivity contribution >= 4 is 32.6 Å². The van der Waals surface area contributed by atoms with Gasteiger partial charge >= 0.3 is 0 Å². The molecule has 1 aliphatic rings. The molecule has 0 saturated carbocycles. The molecule has 1 amide bonds. The zero-order valence-corrected chi connectivity index (χ0v) is 18.7. The lowest BCUT2D eigenvalue weighted by Gasteiger charge is -2.16. The van der Waals surface area contributed by atoms with E-state index < -0.39 is 10.0 Å². The van der Waals surface area contributed by atoms with E-state index in [0.29, 0.717) is 12.3 Å². The third-order valence-electron chi connectivity index (χ3n) is 5.51. The molecule has 1 aromatic heterocycles. The summed E-state index contributed by atoms with van der Waals surface area (Å²) in [7, 11) is -0.820. The third-order valence-corrected chi connectivity index (χ3v) is 7.34. The van der Waals surface area contributed by atoms with Crippen molar-refractivity contribution in [1.82, 2.24) is 4.31 Å². The topological polar surface area (TPSA) is 88.8 Å². The van der Waals surface area contributed by atoms with Gasteiger partial charge in [-0.3, -0.25) is 4.79 Å². The predicted octanol–water partition coefficient (Wildman–Crippen LogP) is 3.75. The first-order valence-electron chi connectivity index (χ1n) is 10.3. The van der Waals surface area contributed by atoms with Crippen LogP contribution in [0.2, 0.25) is 0 Å². The van der Waals surface area contributed by atoms with Gasteiger partial charge in [-0.1, -0.05) is 0 Å². The van der Waals surface area contributed by atoms with Gasteiger partial charge < -0.3 is 14.5 Å². The quantitative estimate of drug-likeness (QED) is 0.602. The molecule has 0 fully saturated rings. The van der Waals surface area contributed by atoms with E-state index in [1.54, 1.807) is 25.3 Å². The van der Waals surface area contributed by atoms with Gasteiger partial charge in [0.1, 0.15) is 16.2 Å². The van der Waals surface area contributed by atoms with Crippen LogP contribution in [-0.2, 0) is 34.1 Å². The van der Waals surface area contributed by atoms with Crippen LogP contribution in [0.15, 0.2) is 45.9 Å². The number of sulfonamides is 1. The zero-order chi connectivity index (χ0) is 22.2. The van der Waals surface area contributed by atoms with Crippen LogP contribution in [0.4, 0.5) is 5.69 Å². The summed E-state index contributed by atoms with van der Waals surface area (Å²) < 4.78 is 37.6. The second-order valence-electron chi connectivity index (χ2n) is 7.84. The highest BCUT2D eigenvalue weighted by atomic mass is 32.2. The Kier molecular flexibility index (Phi) is 5.77. The number of rotatable bonds is 7. The lowest BCUT2D eigenvalue weighted by molar-refractivity contribution is -0.115. The van der Waals surface area contributed by atoms with Gasteiger partial charge in [-0.25, -0.2) is 12.7 Å². The standard InChI is InChI=1S/C23H26N2O5S/c1-4-29-20-9-8-18(13-22(20)31(27,28)25(2)3)24-23(26)12-17-14-30-21-11-16-7-5-6-15(16)10-19(17)21/h8-11,13-14H,4-7,12H2,1-3H3,(H,24,26). The highest BCUT2D eigenvalue weighted by molar-refractivity contribution is 7.89. The van der Waals surface area contributed by atoms with Gasteiger partial charge in [0.15, 0.2) is 0 Å². The maximum Gasteiger partial charge on any atom is 0.246 e. The first-order chi connectivity index (χ1) is 14.8. The maximum absolute atomic E-state index is 12.7. The molecular formula is C23H26N2O5S. The average Bonchev–Trinajstić information content (AvgIpc) is 3.34. The van der Waals surface area contributed by atoms with Crippen molar-refractivity contribution in [3.8, 4) is 5.75 Å². The van der Waals surface area contributed by atoms with Crippen molar-refractivity contribution in [2.45, 2.75) is 37.5 Å². The molecule has 0 atom stereocenters. The van der Waals surface area contributed by atoms with Gasteiger partial charge in [-0.05, 0) is 67.6 Å². The molecule has 2 aromatic carbocycles. The molecule has 7 nitrogen and oxygen atoms in total. The lowest BCUT2D eigenvalue weighted by Crippen LogP contribution is -2.23. The van der Waals surface area contributed by atoms with Crippen molar-refractivity contribution < 1.29 is 22.4 Å². The van der Waals surface area contributed by atoms with Crippen molar-refractivity contribution in [2.75, 3.05) is 26.0 Å². The molecule has 1 heterocycles. The molecule has 1 aliphatic carbocycles. The minimum absolute atomic E-state index is 0.0153. The van der Waals surface area contributed by atoms with Crippen LogP contribution in [-0.4, -0.2) is 39.3 Å². The fourth-order valence-electron chi connectivity index (χ4n) is 3.92. The van der Waals surface area contributed by atoms with Crippen LogP contribution < -0.4 is 10.1 Å². The largest absolute Gasteiger partial charge is 0.492 e. The Hall–Kier alpha value is -2.84. The summed E-state index contributed by atoms with van der Waals surface area (Å²) in [5.41, 5.74) is 4.64. The van der Waals surface area contributed by atoms with E-state index >= 15 is 0 Å². The van der Waals surface area contributed by atoms with Crippen LogP contribution in [0.5, 0.6) is 5.75 Å². The van der Waals surface area contributed by atoms with Crippen LogP contribution in [0, 0.1) is 0 Å². The smallest absolute Gasteiger partial charge is 0.246 e. The number of nitrogens with zero attached hydrogens (tertiary/aromatic N) is 1. The van der Waals surface area contributed by atoms with E-state index in [0.717, 1.165) is 40.1 Å². The summed E-state index contributed by atoms with van der Waals surface area (Å²) in [4.78, 5) is 12.7. The molecule has 3 aromatic rings. The number of amides is 1. The highest BCUT2D eigenvalue weighted by Gasteiger charge is 2.23. The fourth-order valence-corrected chi connectivity index (χ4v) is 4.97. The summed E-state index contributed by atoms with van der Waals surface area (Å²) in [6, 6.07) is 8.83. The first-order valence-corrected chi connectivity index (χ1v) is 11.7. The lowest BCUT2D eigenvalue weighted by atomic mass is 10.0. The Morgan fingerprint density at radius 3 is 2.61 bits per heavy atom. The Labute approximate surface area is 182 Å². The van der Waals surface area contributed by atoms with Crippen molar-refractivity contribution in [2.24, 2.45) is 0 Å². The first kappa shape index (κ1) is 21.4. The molecule has 0 spiro atoms. The van der Waals surface area contributed by atoms with E-state index in [4.69, 9.17) is 9.15 Å². The average molecular weight is 443 g/mol. The molecule has 0 saturated heterocycles. The van der Waals surface area contributed by atoms with Crippen LogP contribution >= 0.6 is 0 Å². The Morgan fingerprint density at radius 2 is 1.90 bits per heavy atom.